The second-order valence-electron chi connectivity index (χ2n) is 8.60. The molecule has 0 amide bonds. The van der Waals surface area contributed by atoms with E-state index in [0.717, 1.165) is 6.26 Å². The lowest BCUT2D eigenvalue weighted by Crippen LogP contribution is -2.52. The lowest BCUT2D eigenvalue weighted by molar-refractivity contribution is -0.160. The zero-order valence-electron chi connectivity index (χ0n) is 17.8. The second-order valence-corrected chi connectivity index (χ2v) is 11.1. The van der Waals surface area contributed by atoms with Gasteiger partial charge < -0.3 is 20.1 Å². The molecule has 3 N–H and O–H groups in total. The number of halogens is 1. The van der Waals surface area contributed by atoms with E-state index in [0.29, 0.717) is 5.56 Å². The Morgan fingerprint density at radius 3 is 2.35 bits per heavy atom. The first-order valence-corrected chi connectivity index (χ1v) is 12.6. The maximum absolute atomic E-state index is 12.4. The Bertz CT molecular complexity index is 1400. The Hall–Kier alpha value is -2.98. The van der Waals surface area contributed by atoms with Crippen molar-refractivity contribution in [3.63, 3.8) is 0 Å². The van der Waals surface area contributed by atoms with Crippen LogP contribution in [-0.2, 0) is 25.8 Å². The molecule has 0 unspecified atom stereocenters. The van der Waals surface area contributed by atoms with Crippen molar-refractivity contribution in [1.82, 2.24) is 4.98 Å². The Balaban J connectivity index is 1.85. The lowest BCUT2D eigenvalue weighted by Gasteiger charge is -2.40. The van der Waals surface area contributed by atoms with Crippen molar-refractivity contribution in [1.29, 1.82) is 0 Å². The van der Waals surface area contributed by atoms with Crippen LogP contribution in [0.15, 0.2) is 71.8 Å². The predicted octanol–water partition coefficient (Wildman–Crippen LogP) is 2.47. The minimum atomic E-state index is -3.52. The van der Waals surface area contributed by atoms with Gasteiger partial charge in [0, 0.05) is 24.4 Å². The molecule has 176 valence electrons. The minimum Gasteiger partial charge on any atom is -0.481 e. The molecule has 10 heteroatoms. The molecular formula is C24H20ClNO7S. The second kappa shape index (κ2) is 7.51. The van der Waals surface area contributed by atoms with Crippen LogP contribution < -0.4 is 4.74 Å². The summed E-state index contributed by atoms with van der Waals surface area (Å²) in [5.74, 6) is -3.75. The molecule has 1 fully saturated rings. The summed E-state index contributed by atoms with van der Waals surface area (Å²) in [7, 11) is -3.52. The number of carbonyl (C=O) groups is 1. The van der Waals surface area contributed by atoms with Crippen LogP contribution in [-0.4, -0.2) is 47.1 Å². The quantitative estimate of drug-likeness (QED) is 0.496. The first-order chi connectivity index (χ1) is 16.0. The molecule has 2 heterocycles. The third-order valence-electron chi connectivity index (χ3n) is 6.74. The van der Waals surface area contributed by atoms with E-state index >= 15 is 0 Å². The summed E-state index contributed by atoms with van der Waals surface area (Å²) < 4.78 is 30.4. The molecule has 2 aliphatic rings. The van der Waals surface area contributed by atoms with Crippen molar-refractivity contribution in [2.24, 2.45) is 5.92 Å². The van der Waals surface area contributed by atoms with Gasteiger partial charge in [-0.2, -0.15) is 0 Å². The van der Waals surface area contributed by atoms with Gasteiger partial charge in [0.15, 0.2) is 21.0 Å². The van der Waals surface area contributed by atoms with Gasteiger partial charge in [-0.15, -0.1) is 0 Å². The van der Waals surface area contributed by atoms with Gasteiger partial charge in [0.25, 0.3) is 0 Å². The number of benzene rings is 2. The van der Waals surface area contributed by atoms with Crippen molar-refractivity contribution < 1.29 is 33.3 Å². The first-order valence-electron chi connectivity index (χ1n) is 10.4. The predicted molar refractivity (Wildman–Crippen MR) is 121 cm³/mol. The number of hydrogen-bond acceptors (Lipinski definition) is 7. The summed E-state index contributed by atoms with van der Waals surface area (Å²) in [5.41, 5.74) is -3.36. The Morgan fingerprint density at radius 2 is 1.76 bits per heavy atom. The van der Waals surface area contributed by atoms with Crippen LogP contribution in [0.5, 0.6) is 5.75 Å². The molecule has 5 rings (SSSR count). The van der Waals surface area contributed by atoms with Crippen molar-refractivity contribution in [2.45, 2.75) is 28.1 Å². The molecule has 8 nitrogen and oxygen atoms in total. The highest BCUT2D eigenvalue weighted by atomic mass is 35.5. The Morgan fingerprint density at radius 1 is 1.12 bits per heavy atom. The monoisotopic (exact) mass is 501 g/mol. The number of carboxylic acid groups (broad SMARTS) is 1. The molecule has 0 saturated heterocycles. The van der Waals surface area contributed by atoms with Crippen LogP contribution >= 0.6 is 11.6 Å². The average molecular weight is 502 g/mol. The van der Waals surface area contributed by atoms with Gasteiger partial charge in [-0.3, -0.25) is 9.78 Å². The van der Waals surface area contributed by atoms with Crippen molar-refractivity contribution in [2.75, 3.05) is 6.26 Å². The molecule has 1 saturated carbocycles. The molecule has 0 bridgehead atoms. The summed E-state index contributed by atoms with van der Waals surface area (Å²) in [4.78, 5) is 16.7. The average Bonchev–Trinajstić information content (AvgIpc) is 3.16. The van der Waals surface area contributed by atoms with Gasteiger partial charge in [-0.05, 0) is 23.3 Å². The molecule has 0 radical (unpaired) electrons. The van der Waals surface area contributed by atoms with E-state index in [9.17, 15) is 28.5 Å². The number of fused-ring (bicyclic) bond motifs is 3. The number of aliphatic hydroxyl groups excluding tert-OH is 1. The molecule has 34 heavy (non-hydrogen) atoms. The van der Waals surface area contributed by atoms with Gasteiger partial charge in [0.05, 0.1) is 15.8 Å². The standard InChI is InChI=1S/C24H20ClNO7S/c1-34(31,32)16-9-7-14(8-10-16)24-19(13-5-3-2-4-6-13)18(22(28)29)21(27)23(24,30)20-17(33-24)11-15(25)12-26-20/h2-12,18-19,21,27,30H,1H3,(H,28,29)/t18-,19-,21-,23+,24+/m1/s1. The number of rotatable bonds is 4. The molecule has 1 aliphatic heterocycles. The number of aromatic nitrogens is 1. The van der Waals surface area contributed by atoms with E-state index in [1.54, 1.807) is 30.3 Å². The van der Waals surface area contributed by atoms with Crippen LogP contribution in [0.1, 0.15) is 22.7 Å². The van der Waals surface area contributed by atoms with E-state index in [4.69, 9.17) is 16.3 Å². The third kappa shape index (κ3) is 2.94. The third-order valence-corrected chi connectivity index (χ3v) is 8.07. The Labute approximate surface area is 200 Å². The topological polar surface area (TPSA) is 134 Å². The van der Waals surface area contributed by atoms with Crippen molar-refractivity contribution in [3.05, 3.63) is 88.7 Å². The van der Waals surface area contributed by atoms with Crippen LogP contribution in [0.4, 0.5) is 0 Å². The van der Waals surface area contributed by atoms with E-state index in [1.165, 1.54) is 36.5 Å². The van der Waals surface area contributed by atoms with Gasteiger partial charge in [-0.1, -0.05) is 54.1 Å². The smallest absolute Gasteiger partial charge is 0.310 e. The molecular weight excluding hydrogens is 482 g/mol. The number of pyridine rings is 1. The van der Waals surface area contributed by atoms with Crippen LogP contribution in [0.25, 0.3) is 0 Å². The highest BCUT2D eigenvalue weighted by Gasteiger charge is 2.78. The molecule has 0 spiro atoms. The van der Waals surface area contributed by atoms with E-state index in [2.05, 4.69) is 4.98 Å². The first kappa shape index (κ1) is 22.8. The van der Waals surface area contributed by atoms with Crippen LogP contribution in [0.3, 0.4) is 0 Å². The normalized spacial score (nSPS) is 29.8. The van der Waals surface area contributed by atoms with E-state index in [-0.39, 0.29) is 26.9 Å². The number of aliphatic carboxylic acids is 1. The molecule has 3 aromatic rings. The van der Waals surface area contributed by atoms with E-state index < -0.39 is 44.9 Å². The number of aliphatic hydroxyl groups is 2. The van der Waals surface area contributed by atoms with Crippen molar-refractivity contribution in [3.8, 4) is 5.75 Å². The summed E-state index contributed by atoms with van der Waals surface area (Å²) in [6.45, 7) is 0. The van der Waals surface area contributed by atoms with E-state index in [1.807, 2.05) is 0 Å². The van der Waals surface area contributed by atoms with Crippen LogP contribution in [0.2, 0.25) is 5.02 Å². The highest BCUT2D eigenvalue weighted by Crippen LogP contribution is 2.68. The zero-order valence-corrected chi connectivity index (χ0v) is 19.4. The fourth-order valence-corrected chi connectivity index (χ4v) is 6.13. The molecule has 5 atom stereocenters. The van der Waals surface area contributed by atoms with Gasteiger partial charge in [0.2, 0.25) is 0 Å². The number of nitrogens with zero attached hydrogens (tertiary/aromatic N) is 1. The lowest BCUT2D eigenvalue weighted by atomic mass is 9.71. The Kier molecular flexibility index (Phi) is 5.04. The van der Waals surface area contributed by atoms with Crippen molar-refractivity contribution >= 4 is 27.4 Å². The fourth-order valence-electron chi connectivity index (χ4n) is 5.36. The largest absolute Gasteiger partial charge is 0.481 e. The van der Waals surface area contributed by atoms with Gasteiger partial charge in [-0.25, -0.2) is 8.42 Å². The highest BCUT2D eigenvalue weighted by molar-refractivity contribution is 7.90. The van der Waals surface area contributed by atoms with Gasteiger partial charge in [0.1, 0.15) is 17.5 Å². The summed E-state index contributed by atoms with van der Waals surface area (Å²) in [5, 5.41) is 33.9. The summed E-state index contributed by atoms with van der Waals surface area (Å²) in [6, 6.07) is 15.7. The maximum Gasteiger partial charge on any atom is 0.310 e. The zero-order chi connectivity index (χ0) is 24.5. The number of ether oxygens (including phenoxy) is 1. The summed E-state index contributed by atoms with van der Waals surface area (Å²) >= 11 is 6.11. The minimum absolute atomic E-state index is 0.0393. The fraction of sp³-hybridized carbons (Fsp3) is 0.250. The number of hydrogen-bond donors (Lipinski definition) is 3. The SMILES string of the molecule is CS(=O)(=O)c1ccc([C@@]23Oc4cc(Cl)cnc4[C@]2(O)[C@H](O)[C@H](C(=O)O)[C@H]3c2ccccc2)cc1. The number of carboxylic acids is 1. The molecule has 1 aliphatic carbocycles. The van der Waals surface area contributed by atoms with Gasteiger partial charge >= 0.3 is 5.97 Å². The van der Waals surface area contributed by atoms with Crippen LogP contribution in [0, 0.1) is 5.92 Å². The molecule has 2 aromatic carbocycles. The number of sulfone groups is 1. The summed E-state index contributed by atoms with van der Waals surface area (Å²) in [6.07, 6.45) is 0.541. The maximum atomic E-state index is 12.4. The molecule has 1 aromatic heterocycles.